The van der Waals surface area contributed by atoms with Crippen LogP contribution in [0.3, 0.4) is 0 Å². The lowest BCUT2D eigenvalue weighted by Gasteiger charge is -2.28. The smallest absolute Gasteiger partial charge is 0.0561 e. The summed E-state index contributed by atoms with van der Waals surface area (Å²) >= 11 is 0. The molecule has 0 bridgehead atoms. The Morgan fingerprint density at radius 3 is 2.86 bits per heavy atom. The van der Waals surface area contributed by atoms with Crippen LogP contribution in [0.25, 0.3) is 0 Å². The third-order valence-corrected chi connectivity index (χ3v) is 2.95. The van der Waals surface area contributed by atoms with Crippen molar-refractivity contribution in [2.45, 2.75) is 64.5 Å². The fraction of sp³-hybridized carbons (Fsp3) is 1.00. The van der Waals surface area contributed by atoms with Crippen LogP contribution < -0.4 is 5.32 Å². The molecule has 1 aliphatic heterocycles. The first-order valence-corrected chi connectivity index (χ1v) is 6.18. The fourth-order valence-corrected chi connectivity index (χ4v) is 2.04. The minimum Gasteiger partial charge on any atom is -0.378 e. The highest BCUT2D eigenvalue weighted by Crippen LogP contribution is 2.13. The third kappa shape index (κ3) is 4.97. The molecule has 0 saturated carbocycles. The summed E-state index contributed by atoms with van der Waals surface area (Å²) in [6.07, 6.45) is 8.25. The standard InChI is InChI=1S/C12H25NO/c1-3-4-5-6-8-13-12-7-9-14-11(2)10-12/h11-13H,3-10H2,1-2H3. The highest BCUT2D eigenvalue weighted by atomic mass is 16.5. The topological polar surface area (TPSA) is 21.3 Å². The van der Waals surface area contributed by atoms with Crippen molar-refractivity contribution in [2.75, 3.05) is 13.2 Å². The number of ether oxygens (including phenoxy) is 1. The number of hydrogen-bond donors (Lipinski definition) is 1. The maximum absolute atomic E-state index is 5.51. The molecule has 2 unspecified atom stereocenters. The number of unbranched alkanes of at least 4 members (excludes halogenated alkanes) is 3. The first kappa shape index (κ1) is 12.0. The number of rotatable bonds is 6. The van der Waals surface area contributed by atoms with Crippen LogP contribution >= 0.6 is 0 Å². The Morgan fingerprint density at radius 2 is 2.14 bits per heavy atom. The van der Waals surface area contributed by atoms with Crippen LogP contribution in [0.1, 0.15) is 52.4 Å². The summed E-state index contributed by atoms with van der Waals surface area (Å²) in [5.74, 6) is 0. The Hall–Kier alpha value is -0.0800. The second-order valence-electron chi connectivity index (χ2n) is 4.42. The summed E-state index contributed by atoms with van der Waals surface area (Å²) in [4.78, 5) is 0. The summed E-state index contributed by atoms with van der Waals surface area (Å²) in [7, 11) is 0. The van der Waals surface area contributed by atoms with E-state index in [1.54, 1.807) is 0 Å². The minimum atomic E-state index is 0.455. The molecule has 2 atom stereocenters. The molecule has 0 spiro atoms. The van der Waals surface area contributed by atoms with Crippen molar-refractivity contribution in [2.24, 2.45) is 0 Å². The normalized spacial score (nSPS) is 27.9. The van der Waals surface area contributed by atoms with Gasteiger partial charge < -0.3 is 10.1 Å². The van der Waals surface area contributed by atoms with Crippen LogP contribution in [0, 0.1) is 0 Å². The van der Waals surface area contributed by atoms with Gasteiger partial charge in [-0.05, 0) is 32.7 Å². The lowest BCUT2D eigenvalue weighted by molar-refractivity contribution is 0.0134. The summed E-state index contributed by atoms with van der Waals surface area (Å²) in [5, 5.41) is 3.63. The van der Waals surface area contributed by atoms with Crippen LogP contribution in [0.5, 0.6) is 0 Å². The molecule has 1 heterocycles. The van der Waals surface area contributed by atoms with E-state index in [2.05, 4.69) is 19.2 Å². The molecule has 1 N–H and O–H groups in total. The molecule has 0 radical (unpaired) electrons. The maximum Gasteiger partial charge on any atom is 0.0561 e. The molecule has 1 fully saturated rings. The quantitative estimate of drug-likeness (QED) is 0.664. The SMILES string of the molecule is CCCCCCNC1CCOC(C)C1. The highest BCUT2D eigenvalue weighted by molar-refractivity contribution is 4.74. The maximum atomic E-state index is 5.51. The largest absolute Gasteiger partial charge is 0.378 e. The second kappa shape index (κ2) is 7.24. The van der Waals surface area contributed by atoms with Gasteiger partial charge in [0, 0.05) is 12.6 Å². The molecule has 14 heavy (non-hydrogen) atoms. The zero-order chi connectivity index (χ0) is 10.2. The van der Waals surface area contributed by atoms with Crippen molar-refractivity contribution >= 4 is 0 Å². The van der Waals surface area contributed by atoms with E-state index in [1.165, 1.54) is 45.1 Å². The van der Waals surface area contributed by atoms with Gasteiger partial charge in [0.1, 0.15) is 0 Å². The monoisotopic (exact) mass is 199 g/mol. The molecule has 0 aromatic rings. The van der Waals surface area contributed by atoms with Crippen molar-refractivity contribution in [1.29, 1.82) is 0 Å². The van der Waals surface area contributed by atoms with E-state index in [0.29, 0.717) is 12.1 Å². The Labute approximate surface area is 88.4 Å². The van der Waals surface area contributed by atoms with Gasteiger partial charge in [-0.25, -0.2) is 0 Å². The van der Waals surface area contributed by atoms with Crippen molar-refractivity contribution in [1.82, 2.24) is 5.32 Å². The zero-order valence-corrected chi connectivity index (χ0v) is 9.72. The predicted octanol–water partition coefficient (Wildman–Crippen LogP) is 2.72. The van der Waals surface area contributed by atoms with E-state index < -0.39 is 0 Å². The van der Waals surface area contributed by atoms with Gasteiger partial charge in [-0.1, -0.05) is 26.2 Å². The van der Waals surface area contributed by atoms with Crippen LogP contribution in [-0.4, -0.2) is 25.3 Å². The van der Waals surface area contributed by atoms with E-state index in [9.17, 15) is 0 Å². The Bertz CT molecular complexity index is 138. The molecule has 1 saturated heterocycles. The van der Waals surface area contributed by atoms with Gasteiger partial charge in [0.15, 0.2) is 0 Å². The number of nitrogens with one attached hydrogen (secondary N) is 1. The van der Waals surface area contributed by atoms with Gasteiger partial charge in [-0.2, -0.15) is 0 Å². The van der Waals surface area contributed by atoms with Crippen LogP contribution in [-0.2, 0) is 4.74 Å². The molecule has 84 valence electrons. The molecular formula is C12H25NO. The van der Waals surface area contributed by atoms with E-state index in [0.717, 1.165) is 6.61 Å². The summed E-state index contributed by atoms with van der Waals surface area (Å²) in [5.41, 5.74) is 0. The van der Waals surface area contributed by atoms with Gasteiger partial charge in [0.2, 0.25) is 0 Å². The zero-order valence-electron chi connectivity index (χ0n) is 9.72. The van der Waals surface area contributed by atoms with Gasteiger partial charge in [-0.15, -0.1) is 0 Å². The average molecular weight is 199 g/mol. The molecule has 2 heteroatoms. The molecule has 1 aliphatic rings. The Morgan fingerprint density at radius 1 is 1.29 bits per heavy atom. The van der Waals surface area contributed by atoms with Gasteiger partial charge in [0.25, 0.3) is 0 Å². The lowest BCUT2D eigenvalue weighted by Crippen LogP contribution is -2.38. The van der Waals surface area contributed by atoms with Crippen molar-refractivity contribution in [3.63, 3.8) is 0 Å². The van der Waals surface area contributed by atoms with E-state index in [1.807, 2.05) is 0 Å². The molecule has 0 aliphatic carbocycles. The summed E-state index contributed by atoms with van der Waals surface area (Å²) in [6, 6.07) is 0.709. The van der Waals surface area contributed by atoms with Gasteiger partial charge in [-0.3, -0.25) is 0 Å². The Kier molecular flexibility index (Phi) is 6.20. The van der Waals surface area contributed by atoms with Gasteiger partial charge >= 0.3 is 0 Å². The molecule has 0 aromatic heterocycles. The molecule has 0 amide bonds. The van der Waals surface area contributed by atoms with Crippen molar-refractivity contribution < 1.29 is 4.74 Å². The molecular weight excluding hydrogens is 174 g/mol. The first-order chi connectivity index (χ1) is 6.83. The average Bonchev–Trinajstić information content (AvgIpc) is 2.18. The fourth-order valence-electron chi connectivity index (χ4n) is 2.04. The van der Waals surface area contributed by atoms with Crippen molar-refractivity contribution in [3.05, 3.63) is 0 Å². The van der Waals surface area contributed by atoms with Crippen LogP contribution in [0.2, 0.25) is 0 Å². The minimum absolute atomic E-state index is 0.455. The highest BCUT2D eigenvalue weighted by Gasteiger charge is 2.17. The van der Waals surface area contributed by atoms with Crippen molar-refractivity contribution in [3.8, 4) is 0 Å². The third-order valence-electron chi connectivity index (χ3n) is 2.95. The van der Waals surface area contributed by atoms with Crippen LogP contribution in [0.4, 0.5) is 0 Å². The molecule has 1 rings (SSSR count). The van der Waals surface area contributed by atoms with E-state index in [4.69, 9.17) is 4.74 Å². The lowest BCUT2D eigenvalue weighted by atomic mass is 10.0. The molecule has 2 nitrogen and oxygen atoms in total. The summed E-state index contributed by atoms with van der Waals surface area (Å²) < 4.78 is 5.51. The van der Waals surface area contributed by atoms with E-state index >= 15 is 0 Å². The predicted molar refractivity (Wildman–Crippen MR) is 60.6 cm³/mol. The van der Waals surface area contributed by atoms with E-state index in [-0.39, 0.29) is 0 Å². The first-order valence-electron chi connectivity index (χ1n) is 6.18. The second-order valence-corrected chi connectivity index (χ2v) is 4.42. The summed E-state index contributed by atoms with van der Waals surface area (Å²) in [6.45, 7) is 6.56. The molecule has 0 aromatic carbocycles. The Balaban J connectivity index is 1.95. The van der Waals surface area contributed by atoms with Crippen LogP contribution in [0.15, 0.2) is 0 Å². The number of hydrogen-bond acceptors (Lipinski definition) is 2. The van der Waals surface area contributed by atoms with Gasteiger partial charge in [0.05, 0.1) is 6.10 Å².